The van der Waals surface area contributed by atoms with Gasteiger partial charge >= 0.3 is 0 Å². The van der Waals surface area contributed by atoms with Crippen molar-refractivity contribution in [3.63, 3.8) is 0 Å². The Morgan fingerprint density at radius 3 is 3.00 bits per heavy atom. The molecule has 1 aromatic carbocycles. The van der Waals surface area contributed by atoms with Gasteiger partial charge in [0, 0.05) is 25.3 Å². The number of ether oxygens (including phenoxy) is 1. The van der Waals surface area contributed by atoms with E-state index in [1.54, 1.807) is 0 Å². The smallest absolute Gasteiger partial charge is 0.0722 e. The molecule has 1 atom stereocenters. The summed E-state index contributed by atoms with van der Waals surface area (Å²) in [7, 11) is 0. The second-order valence-corrected chi connectivity index (χ2v) is 3.96. The van der Waals surface area contributed by atoms with Gasteiger partial charge in [-0.3, -0.25) is 0 Å². The molecule has 0 amide bonds. The molecular formula is C12H18N2O. The van der Waals surface area contributed by atoms with E-state index in [2.05, 4.69) is 30.0 Å². The van der Waals surface area contributed by atoms with E-state index in [1.165, 1.54) is 11.3 Å². The maximum atomic E-state index is 5.73. The lowest BCUT2D eigenvalue weighted by Crippen LogP contribution is -2.41. The van der Waals surface area contributed by atoms with E-state index in [1.807, 2.05) is 6.07 Å². The van der Waals surface area contributed by atoms with Gasteiger partial charge in [0.25, 0.3) is 0 Å². The predicted octanol–water partition coefficient (Wildman–Crippen LogP) is 1.37. The third-order valence-corrected chi connectivity index (χ3v) is 2.79. The number of rotatable bonds is 2. The van der Waals surface area contributed by atoms with Crippen LogP contribution in [-0.2, 0) is 11.3 Å². The minimum atomic E-state index is 0.310. The molecular weight excluding hydrogens is 188 g/mol. The van der Waals surface area contributed by atoms with Gasteiger partial charge < -0.3 is 15.4 Å². The van der Waals surface area contributed by atoms with Gasteiger partial charge in [0.05, 0.1) is 12.7 Å². The monoisotopic (exact) mass is 206 g/mol. The quantitative estimate of drug-likeness (QED) is 0.794. The Bertz CT molecular complexity index is 327. The van der Waals surface area contributed by atoms with Crippen molar-refractivity contribution in [2.24, 2.45) is 5.73 Å². The molecule has 3 heteroatoms. The summed E-state index contributed by atoms with van der Waals surface area (Å²) in [4.78, 5) is 2.36. The Hall–Kier alpha value is -1.06. The van der Waals surface area contributed by atoms with Gasteiger partial charge in [0.2, 0.25) is 0 Å². The zero-order chi connectivity index (χ0) is 10.7. The first-order valence-electron chi connectivity index (χ1n) is 5.46. The van der Waals surface area contributed by atoms with Crippen LogP contribution in [0.4, 0.5) is 5.69 Å². The van der Waals surface area contributed by atoms with Gasteiger partial charge in [0.1, 0.15) is 0 Å². The predicted molar refractivity (Wildman–Crippen MR) is 62.0 cm³/mol. The van der Waals surface area contributed by atoms with Crippen molar-refractivity contribution >= 4 is 5.69 Å². The number of benzene rings is 1. The van der Waals surface area contributed by atoms with Crippen LogP contribution in [0.2, 0.25) is 0 Å². The number of nitrogens with zero attached hydrogens (tertiary/aromatic N) is 1. The van der Waals surface area contributed by atoms with Gasteiger partial charge in [-0.05, 0) is 18.6 Å². The molecule has 1 aliphatic rings. The van der Waals surface area contributed by atoms with Gasteiger partial charge in [-0.2, -0.15) is 0 Å². The third kappa shape index (κ3) is 2.30. The third-order valence-electron chi connectivity index (χ3n) is 2.79. The molecule has 0 bridgehead atoms. The fourth-order valence-electron chi connectivity index (χ4n) is 2.03. The topological polar surface area (TPSA) is 38.5 Å². The minimum absolute atomic E-state index is 0.310. The largest absolute Gasteiger partial charge is 0.375 e. The molecule has 82 valence electrons. The van der Waals surface area contributed by atoms with Gasteiger partial charge in [-0.1, -0.05) is 18.2 Å². The number of nitrogens with two attached hydrogens (primary N) is 1. The molecule has 0 spiro atoms. The standard InChI is InChI=1S/C12H18N2O/c1-10-9-14(6-7-15-10)12-5-3-2-4-11(12)8-13/h2-5,10H,6-9,13H2,1H3. The van der Waals surface area contributed by atoms with Crippen molar-refractivity contribution in [1.29, 1.82) is 0 Å². The van der Waals surface area contributed by atoms with Crippen molar-refractivity contribution in [1.82, 2.24) is 0 Å². The summed E-state index contributed by atoms with van der Waals surface area (Å²) < 4.78 is 5.53. The molecule has 1 aliphatic heterocycles. The van der Waals surface area contributed by atoms with E-state index >= 15 is 0 Å². The Morgan fingerprint density at radius 2 is 2.27 bits per heavy atom. The fraction of sp³-hybridized carbons (Fsp3) is 0.500. The Labute approximate surface area is 90.8 Å². The van der Waals surface area contributed by atoms with Crippen LogP contribution >= 0.6 is 0 Å². The molecule has 1 unspecified atom stereocenters. The molecule has 3 nitrogen and oxygen atoms in total. The van der Waals surface area contributed by atoms with Gasteiger partial charge in [-0.25, -0.2) is 0 Å². The summed E-state index contributed by atoms with van der Waals surface area (Å²) >= 11 is 0. The second-order valence-electron chi connectivity index (χ2n) is 3.96. The maximum absolute atomic E-state index is 5.73. The van der Waals surface area contributed by atoms with E-state index in [4.69, 9.17) is 10.5 Å². The van der Waals surface area contributed by atoms with E-state index in [0.717, 1.165) is 19.7 Å². The van der Waals surface area contributed by atoms with Crippen LogP contribution in [-0.4, -0.2) is 25.8 Å². The lowest BCUT2D eigenvalue weighted by Gasteiger charge is -2.34. The molecule has 15 heavy (non-hydrogen) atoms. The van der Waals surface area contributed by atoms with Crippen LogP contribution in [0.25, 0.3) is 0 Å². The summed E-state index contributed by atoms with van der Waals surface area (Å²) in [5, 5.41) is 0. The Balaban J connectivity index is 2.20. The SMILES string of the molecule is CC1CN(c2ccccc2CN)CCO1. The second kappa shape index (κ2) is 4.64. The molecule has 1 fully saturated rings. The zero-order valence-corrected chi connectivity index (χ0v) is 9.15. The first-order valence-corrected chi connectivity index (χ1v) is 5.46. The number of anilines is 1. The van der Waals surface area contributed by atoms with Crippen LogP contribution in [0.1, 0.15) is 12.5 Å². The molecule has 1 aromatic rings. The number of morpholine rings is 1. The normalized spacial score (nSPS) is 21.7. The highest BCUT2D eigenvalue weighted by atomic mass is 16.5. The summed E-state index contributed by atoms with van der Waals surface area (Å²) in [5.74, 6) is 0. The number of hydrogen-bond acceptors (Lipinski definition) is 3. The fourth-order valence-corrected chi connectivity index (χ4v) is 2.03. The zero-order valence-electron chi connectivity index (χ0n) is 9.15. The van der Waals surface area contributed by atoms with E-state index < -0.39 is 0 Å². The van der Waals surface area contributed by atoms with Crippen LogP contribution < -0.4 is 10.6 Å². The molecule has 0 aliphatic carbocycles. The number of hydrogen-bond donors (Lipinski definition) is 1. The minimum Gasteiger partial charge on any atom is -0.375 e. The molecule has 0 radical (unpaired) electrons. The van der Waals surface area contributed by atoms with Crippen molar-refractivity contribution in [3.8, 4) is 0 Å². The summed E-state index contributed by atoms with van der Waals surface area (Å²) in [6, 6.07) is 8.33. The Morgan fingerprint density at radius 1 is 1.47 bits per heavy atom. The number of para-hydroxylation sites is 1. The van der Waals surface area contributed by atoms with Gasteiger partial charge in [-0.15, -0.1) is 0 Å². The van der Waals surface area contributed by atoms with Crippen molar-refractivity contribution in [2.75, 3.05) is 24.6 Å². The highest BCUT2D eigenvalue weighted by Crippen LogP contribution is 2.22. The summed E-state index contributed by atoms with van der Waals surface area (Å²) in [6.07, 6.45) is 0.310. The van der Waals surface area contributed by atoms with Crippen LogP contribution in [0.3, 0.4) is 0 Å². The lowest BCUT2D eigenvalue weighted by molar-refractivity contribution is 0.0532. The first-order chi connectivity index (χ1) is 7.31. The van der Waals surface area contributed by atoms with Crippen molar-refractivity contribution in [2.45, 2.75) is 19.6 Å². The highest BCUT2D eigenvalue weighted by molar-refractivity contribution is 5.53. The van der Waals surface area contributed by atoms with E-state index in [-0.39, 0.29) is 0 Å². The summed E-state index contributed by atoms with van der Waals surface area (Å²) in [6.45, 7) is 5.43. The summed E-state index contributed by atoms with van der Waals surface area (Å²) in [5.41, 5.74) is 8.21. The van der Waals surface area contributed by atoms with E-state index in [0.29, 0.717) is 12.6 Å². The molecule has 2 N–H and O–H groups in total. The van der Waals surface area contributed by atoms with Crippen LogP contribution in [0.15, 0.2) is 24.3 Å². The maximum Gasteiger partial charge on any atom is 0.0722 e. The molecule has 2 rings (SSSR count). The lowest BCUT2D eigenvalue weighted by atomic mass is 10.1. The first kappa shape index (κ1) is 10.5. The van der Waals surface area contributed by atoms with Gasteiger partial charge in [0.15, 0.2) is 0 Å². The average Bonchev–Trinajstić information content (AvgIpc) is 2.29. The highest BCUT2D eigenvalue weighted by Gasteiger charge is 2.18. The van der Waals surface area contributed by atoms with E-state index in [9.17, 15) is 0 Å². The van der Waals surface area contributed by atoms with Crippen LogP contribution in [0, 0.1) is 0 Å². The average molecular weight is 206 g/mol. The van der Waals surface area contributed by atoms with Crippen molar-refractivity contribution in [3.05, 3.63) is 29.8 Å². The molecule has 1 saturated heterocycles. The molecule has 0 aromatic heterocycles. The molecule has 1 heterocycles. The Kier molecular flexibility index (Phi) is 3.23. The van der Waals surface area contributed by atoms with Crippen molar-refractivity contribution < 1.29 is 4.74 Å². The van der Waals surface area contributed by atoms with Crippen LogP contribution in [0.5, 0.6) is 0 Å². The molecule has 0 saturated carbocycles.